The van der Waals surface area contributed by atoms with Gasteiger partial charge in [0, 0.05) is 5.92 Å². The SMILES string of the molecule is Cl.NC1(c2noc(-c3n[nH]c(C4CC4)c3Br)n2)CCCC1. The normalized spacial score (nSPS) is 20.5. The van der Waals surface area contributed by atoms with Crippen LogP contribution in [0.2, 0.25) is 0 Å². The second kappa shape index (κ2) is 5.37. The lowest BCUT2D eigenvalue weighted by atomic mass is 9.99. The zero-order valence-electron chi connectivity index (χ0n) is 11.4. The number of H-pyrrole nitrogens is 1. The number of halogens is 2. The molecule has 2 aromatic rings. The van der Waals surface area contributed by atoms with Gasteiger partial charge in [0.2, 0.25) is 0 Å². The number of nitrogens with zero attached hydrogens (tertiary/aromatic N) is 3. The van der Waals surface area contributed by atoms with Crippen molar-refractivity contribution in [2.45, 2.75) is 50.0 Å². The molecule has 0 amide bonds. The molecular formula is C13H17BrClN5O. The Morgan fingerprint density at radius 2 is 2.00 bits per heavy atom. The highest BCUT2D eigenvalue weighted by molar-refractivity contribution is 9.10. The molecule has 8 heteroatoms. The van der Waals surface area contributed by atoms with E-state index in [-0.39, 0.29) is 12.4 Å². The van der Waals surface area contributed by atoms with Crippen LogP contribution in [0.5, 0.6) is 0 Å². The van der Waals surface area contributed by atoms with E-state index in [1.165, 1.54) is 12.8 Å². The minimum absolute atomic E-state index is 0. The number of nitrogens with two attached hydrogens (primary N) is 1. The Kier molecular flexibility index (Phi) is 3.83. The molecule has 0 bridgehead atoms. The Hall–Kier alpha value is -0.920. The first-order valence-corrected chi connectivity index (χ1v) is 7.84. The van der Waals surface area contributed by atoms with Gasteiger partial charge in [-0.1, -0.05) is 18.0 Å². The van der Waals surface area contributed by atoms with Gasteiger partial charge in [-0.2, -0.15) is 10.1 Å². The molecule has 0 aromatic carbocycles. The van der Waals surface area contributed by atoms with Gasteiger partial charge in [-0.3, -0.25) is 5.10 Å². The summed E-state index contributed by atoms with van der Waals surface area (Å²) < 4.78 is 6.31. The summed E-state index contributed by atoms with van der Waals surface area (Å²) in [6.07, 6.45) is 6.50. The molecule has 6 nitrogen and oxygen atoms in total. The summed E-state index contributed by atoms with van der Waals surface area (Å²) in [7, 11) is 0. The molecule has 0 saturated heterocycles. The molecule has 3 N–H and O–H groups in total. The summed E-state index contributed by atoms with van der Waals surface area (Å²) in [5.41, 5.74) is 7.74. The first-order valence-electron chi connectivity index (χ1n) is 7.04. The Morgan fingerprint density at radius 1 is 1.29 bits per heavy atom. The van der Waals surface area contributed by atoms with Crippen LogP contribution in [0.1, 0.15) is 56.0 Å². The third-order valence-corrected chi connectivity index (χ3v) is 5.09. The van der Waals surface area contributed by atoms with Crippen LogP contribution in [0.25, 0.3) is 11.6 Å². The highest BCUT2D eigenvalue weighted by atomic mass is 79.9. The van der Waals surface area contributed by atoms with E-state index in [4.69, 9.17) is 10.3 Å². The predicted molar refractivity (Wildman–Crippen MR) is 83.1 cm³/mol. The summed E-state index contributed by atoms with van der Waals surface area (Å²) in [6.45, 7) is 0. The third kappa shape index (κ3) is 2.51. The number of aromatic amines is 1. The molecule has 114 valence electrons. The Morgan fingerprint density at radius 3 is 2.67 bits per heavy atom. The van der Waals surface area contributed by atoms with Gasteiger partial charge in [0.15, 0.2) is 11.5 Å². The lowest BCUT2D eigenvalue weighted by Crippen LogP contribution is -2.34. The van der Waals surface area contributed by atoms with Crippen LogP contribution < -0.4 is 5.73 Å². The Balaban J connectivity index is 0.00000132. The van der Waals surface area contributed by atoms with Crippen molar-refractivity contribution in [3.05, 3.63) is 16.0 Å². The van der Waals surface area contributed by atoms with Gasteiger partial charge in [0.1, 0.15) is 0 Å². The number of hydrogen-bond donors (Lipinski definition) is 2. The van der Waals surface area contributed by atoms with Crippen molar-refractivity contribution >= 4 is 28.3 Å². The van der Waals surface area contributed by atoms with E-state index in [0.29, 0.717) is 23.3 Å². The molecule has 4 rings (SSSR count). The molecule has 2 aliphatic rings. The number of hydrogen-bond acceptors (Lipinski definition) is 5. The van der Waals surface area contributed by atoms with Gasteiger partial charge in [0.05, 0.1) is 15.7 Å². The van der Waals surface area contributed by atoms with Crippen LogP contribution in [-0.2, 0) is 5.54 Å². The fraction of sp³-hybridized carbons (Fsp3) is 0.615. The standard InChI is InChI=1S/C13H16BrN5O.ClH/c14-8-9(7-3-4-7)17-18-10(8)11-16-12(19-20-11)13(15)5-1-2-6-13;/h7H,1-6,15H2,(H,17,18);1H. The van der Waals surface area contributed by atoms with Gasteiger partial charge in [-0.05, 0) is 41.6 Å². The van der Waals surface area contributed by atoms with E-state index in [1.54, 1.807) is 0 Å². The molecule has 0 aliphatic heterocycles. The second-order valence-electron chi connectivity index (χ2n) is 5.86. The van der Waals surface area contributed by atoms with E-state index in [2.05, 4.69) is 36.3 Å². The van der Waals surface area contributed by atoms with Crippen molar-refractivity contribution in [1.29, 1.82) is 0 Å². The summed E-state index contributed by atoms with van der Waals surface area (Å²) >= 11 is 3.58. The van der Waals surface area contributed by atoms with Gasteiger partial charge in [-0.15, -0.1) is 12.4 Å². The molecular weight excluding hydrogens is 358 g/mol. The van der Waals surface area contributed by atoms with Crippen molar-refractivity contribution in [2.75, 3.05) is 0 Å². The molecule has 0 radical (unpaired) electrons. The minimum Gasteiger partial charge on any atom is -0.332 e. The number of rotatable bonds is 3. The average molecular weight is 375 g/mol. The second-order valence-corrected chi connectivity index (χ2v) is 6.65. The maximum atomic E-state index is 6.35. The van der Waals surface area contributed by atoms with Gasteiger partial charge >= 0.3 is 0 Å². The predicted octanol–water partition coefficient (Wildman–Crippen LogP) is 3.25. The molecule has 0 unspecified atom stereocenters. The fourth-order valence-electron chi connectivity index (χ4n) is 2.88. The molecule has 2 aromatic heterocycles. The lowest BCUT2D eigenvalue weighted by Gasteiger charge is -2.17. The van der Waals surface area contributed by atoms with Crippen LogP contribution in [0.3, 0.4) is 0 Å². The van der Waals surface area contributed by atoms with Crippen molar-refractivity contribution in [3.63, 3.8) is 0 Å². The molecule has 2 aliphatic carbocycles. The Labute approximate surface area is 136 Å². The van der Waals surface area contributed by atoms with E-state index >= 15 is 0 Å². The first kappa shape index (κ1) is 15.0. The smallest absolute Gasteiger partial charge is 0.279 e. The average Bonchev–Trinajstić information content (AvgIpc) is 2.87. The van der Waals surface area contributed by atoms with E-state index < -0.39 is 5.54 Å². The van der Waals surface area contributed by atoms with Gasteiger partial charge in [-0.25, -0.2) is 0 Å². The van der Waals surface area contributed by atoms with Crippen LogP contribution in [0.4, 0.5) is 0 Å². The van der Waals surface area contributed by atoms with E-state index in [0.717, 1.165) is 35.8 Å². The summed E-state index contributed by atoms with van der Waals surface area (Å²) in [5.74, 6) is 1.63. The summed E-state index contributed by atoms with van der Waals surface area (Å²) in [5, 5.41) is 11.4. The highest BCUT2D eigenvalue weighted by Gasteiger charge is 2.37. The van der Waals surface area contributed by atoms with E-state index in [1.807, 2.05) is 0 Å². The zero-order valence-corrected chi connectivity index (χ0v) is 13.8. The lowest BCUT2D eigenvalue weighted by molar-refractivity contribution is 0.372. The van der Waals surface area contributed by atoms with Crippen LogP contribution in [0.15, 0.2) is 9.00 Å². The van der Waals surface area contributed by atoms with Crippen molar-refractivity contribution in [3.8, 4) is 11.6 Å². The zero-order chi connectivity index (χ0) is 13.7. The van der Waals surface area contributed by atoms with Crippen molar-refractivity contribution < 1.29 is 4.52 Å². The minimum atomic E-state index is -0.427. The molecule has 2 fully saturated rings. The third-order valence-electron chi connectivity index (χ3n) is 4.29. The maximum Gasteiger partial charge on any atom is 0.279 e. The quantitative estimate of drug-likeness (QED) is 0.860. The highest BCUT2D eigenvalue weighted by Crippen LogP contribution is 2.44. The molecule has 0 spiro atoms. The monoisotopic (exact) mass is 373 g/mol. The van der Waals surface area contributed by atoms with Crippen molar-refractivity contribution in [2.24, 2.45) is 5.73 Å². The molecule has 0 atom stereocenters. The van der Waals surface area contributed by atoms with Crippen LogP contribution in [0, 0.1) is 0 Å². The van der Waals surface area contributed by atoms with E-state index in [9.17, 15) is 0 Å². The fourth-order valence-corrected chi connectivity index (χ4v) is 3.55. The largest absolute Gasteiger partial charge is 0.332 e. The topological polar surface area (TPSA) is 93.6 Å². The van der Waals surface area contributed by atoms with Crippen molar-refractivity contribution in [1.82, 2.24) is 20.3 Å². The first-order chi connectivity index (χ1) is 9.67. The molecule has 2 heterocycles. The summed E-state index contributed by atoms with van der Waals surface area (Å²) in [6, 6.07) is 0. The van der Waals surface area contributed by atoms with Crippen LogP contribution in [-0.4, -0.2) is 20.3 Å². The molecule has 21 heavy (non-hydrogen) atoms. The Bertz CT molecular complexity index is 645. The maximum absolute atomic E-state index is 6.35. The summed E-state index contributed by atoms with van der Waals surface area (Å²) in [4.78, 5) is 4.47. The van der Waals surface area contributed by atoms with Gasteiger partial charge in [0.25, 0.3) is 5.89 Å². The number of nitrogens with one attached hydrogen (secondary N) is 1. The number of aromatic nitrogens is 4. The molecule has 2 saturated carbocycles. The van der Waals surface area contributed by atoms with Crippen LogP contribution >= 0.6 is 28.3 Å². The van der Waals surface area contributed by atoms with Gasteiger partial charge < -0.3 is 10.3 Å².